The molecular formula is C14H21N3O3S. The number of sulfonamides is 1. The van der Waals surface area contributed by atoms with Gasteiger partial charge in [0.25, 0.3) is 0 Å². The molecule has 1 heterocycles. The fraction of sp³-hybridized carbons (Fsp3) is 0.500. The number of primary amides is 1. The van der Waals surface area contributed by atoms with E-state index in [0.717, 1.165) is 5.56 Å². The minimum absolute atomic E-state index is 0.134. The van der Waals surface area contributed by atoms with Crippen LogP contribution < -0.4 is 11.5 Å². The number of carbonyl (C=O) groups is 1. The van der Waals surface area contributed by atoms with E-state index in [1.54, 1.807) is 31.2 Å². The molecule has 1 aromatic rings. The summed E-state index contributed by atoms with van der Waals surface area (Å²) in [6.45, 7) is 2.67. The van der Waals surface area contributed by atoms with Gasteiger partial charge in [-0.1, -0.05) is 12.1 Å². The lowest BCUT2D eigenvalue weighted by Gasteiger charge is -2.21. The van der Waals surface area contributed by atoms with Crippen molar-refractivity contribution < 1.29 is 13.2 Å². The second kappa shape index (κ2) is 5.75. The lowest BCUT2D eigenvalue weighted by Crippen LogP contribution is -2.38. The van der Waals surface area contributed by atoms with Crippen LogP contribution >= 0.6 is 0 Å². The zero-order chi connectivity index (χ0) is 15.7. The van der Waals surface area contributed by atoms with Crippen molar-refractivity contribution in [3.05, 3.63) is 29.8 Å². The summed E-state index contributed by atoms with van der Waals surface area (Å²) in [7, 11) is -3.58. The zero-order valence-corrected chi connectivity index (χ0v) is 12.9. The standard InChI is InChI=1S/C14H21N3O3S/c1-14(13(16)18)7-9-17(10-14)21(19,20)12-4-2-11(3-5-12)6-8-15/h2-5H,6-10,15H2,1H3,(H2,16,18). The van der Waals surface area contributed by atoms with Crippen molar-refractivity contribution in [3.8, 4) is 0 Å². The molecule has 1 amide bonds. The van der Waals surface area contributed by atoms with Crippen LogP contribution in [0.25, 0.3) is 0 Å². The topological polar surface area (TPSA) is 106 Å². The predicted octanol–water partition coefficient (Wildman–Crippen LogP) is 0.0738. The Bertz CT molecular complexity index is 627. The van der Waals surface area contributed by atoms with E-state index in [4.69, 9.17) is 11.5 Å². The number of hydrogen-bond donors (Lipinski definition) is 2. The number of rotatable bonds is 5. The van der Waals surface area contributed by atoms with Gasteiger partial charge in [-0.2, -0.15) is 4.31 Å². The van der Waals surface area contributed by atoms with Crippen molar-refractivity contribution in [2.45, 2.75) is 24.7 Å². The molecule has 1 atom stereocenters. The average Bonchev–Trinajstić information content (AvgIpc) is 2.85. The summed E-state index contributed by atoms with van der Waals surface area (Å²) in [4.78, 5) is 11.7. The van der Waals surface area contributed by atoms with Gasteiger partial charge < -0.3 is 11.5 Å². The van der Waals surface area contributed by atoms with Crippen molar-refractivity contribution in [3.63, 3.8) is 0 Å². The number of carbonyl (C=O) groups excluding carboxylic acids is 1. The molecule has 0 aliphatic carbocycles. The van der Waals surface area contributed by atoms with E-state index in [-0.39, 0.29) is 11.4 Å². The Morgan fingerprint density at radius 3 is 2.43 bits per heavy atom. The van der Waals surface area contributed by atoms with Gasteiger partial charge in [0.05, 0.1) is 10.3 Å². The lowest BCUT2D eigenvalue weighted by atomic mass is 9.89. The zero-order valence-electron chi connectivity index (χ0n) is 12.1. The van der Waals surface area contributed by atoms with Crippen LogP contribution in [0.5, 0.6) is 0 Å². The molecule has 21 heavy (non-hydrogen) atoms. The number of amides is 1. The molecule has 1 aliphatic heterocycles. The lowest BCUT2D eigenvalue weighted by molar-refractivity contribution is -0.126. The Balaban J connectivity index is 2.21. The number of nitrogens with zero attached hydrogens (tertiary/aromatic N) is 1. The fourth-order valence-corrected chi connectivity index (χ4v) is 4.03. The SMILES string of the molecule is CC1(C(N)=O)CCN(S(=O)(=O)c2ccc(CCN)cc2)C1. The maximum absolute atomic E-state index is 12.6. The number of benzene rings is 1. The molecule has 1 unspecified atom stereocenters. The highest BCUT2D eigenvalue weighted by molar-refractivity contribution is 7.89. The van der Waals surface area contributed by atoms with Gasteiger partial charge in [0.15, 0.2) is 0 Å². The van der Waals surface area contributed by atoms with E-state index >= 15 is 0 Å². The van der Waals surface area contributed by atoms with E-state index in [1.165, 1.54) is 4.31 Å². The summed E-state index contributed by atoms with van der Waals surface area (Å²) in [6, 6.07) is 6.70. The van der Waals surface area contributed by atoms with Gasteiger partial charge in [-0.3, -0.25) is 4.79 Å². The van der Waals surface area contributed by atoms with E-state index < -0.39 is 21.3 Å². The molecule has 0 radical (unpaired) electrons. The Labute approximate surface area is 125 Å². The minimum atomic E-state index is -3.58. The van der Waals surface area contributed by atoms with Crippen LogP contribution in [0.3, 0.4) is 0 Å². The molecule has 7 heteroatoms. The van der Waals surface area contributed by atoms with Crippen molar-refractivity contribution in [2.24, 2.45) is 16.9 Å². The van der Waals surface area contributed by atoms with Crippen molar-refractivity contribution in [2.75, 3.05) is 19.6 Å². The molecule has 0 spiro atoms. The Morgan fingerprint density at radius 1 is 1.33 bits per heavy atom. The van der Waals surface area contributed by atoms with Crippen LogP contribution in [-0.2, 0) is 21.2 Å². The molecule has 0 saturated carbocycles. The molecule has 2 rings (SSSR count). The van der Waals surface area contributed by atoms with E-state index in [9.17, 15) is 13.2 Å². The molecule has 0 aromatic heterocycles. The summed E-state index contributed by atoms with van der Waals surface area (Å²) in [5, 5.41) is 0. The van der Waals surface area contributed by atoms with Gasteiger partial charge in [0.1, 0.15) is 0 Å². The largest absolute Gasteiger partial charge is 0.369 e. The maximum Gasteiger partial charge on any atom is 0.243 e. The summed E-state index contributed by atoms with van der Waals surface area (Å²) >= 11 is 0. The van der Waals surface area contributed by atoms with E-state index in [2.05, 4.69) is 0 Å². The average molecular weight is 311 g/mol. The predicted molar refractivity (Wildman–Crippen MR) is 79.9 cm³/mol. The molecule has 1 saturated heterocycles. The van der Waals surface area contributed by atoms with Crippen LogP contribution in [0, 0.1) is 5.41 Å². The molecule has 1 fully saturated rings. The van der Waals surface area contributed by atoms with Crippen molar-refractivity contribution in [1.29, 1.82) is 0 Å². The highest BCUT2D eigenvalue weighted by Crippen LogP contribution is 2.33. The first-order chi connectivity index (χ1) is 9.79. The van der Waals surface area contributed by atoms with Gasteiger partial charge in [-0.15, -0.1) is 0 Å². The van der Waals surface area contributed by atoms with E-state index in [1.807, 2.05) is 0 Å². The number of nitrogens with two attached hydrogens (primary N) is 2. The van der Waals surface area contributed by atoms with Crippen molar-refractivity contribution in [1.82, 2.24) is 4.31 Å². The van der Waals surface area contributed by atoms with Crippen LogP contribution in [0.15, 0.2) is 29.2 Å². The minimum Gasteiger partial charge on any atom is -0.369 e. The molecule has 0 bridgehead atoms. The van der Waals surface area contributed by atoms with Gasteiger partial charge >= 0.3 is 0 Å². The Kier molecular flexibility index (Phi) is 4.36. The third-order valence-electron chi connectivity index (χ3n) is 4.03. The highest BCUT2D eigenvalue weighted by atomic mass is 32.2. The number of hydrogen-bond acceptors (Lipinski definition) is 4. The van der Waals surface area contributed by atoms with E-state index in [0.29, 0.717) is 25.9 Å². The van der Waals surface area contributed by atoms with Gasteiger partial charge in [-0.25, -0.2) is 8.42 Å². The molecule has 6 nitrogen and oxygen atoms in total. The Morgan fingerprint density at radius 2 is 1.95 bits per heavy atom. The van der Waals surface area contributed by atoms with Crippen LogP contribution in [-0.4, -0.2) is 38.3 Å². The first kappa shape index (κ1) is 15.9. The van der Waals surface area contributed by atoms with Gasteiger partial charge in [-0.05, 0) is 44.0 Å². The highest BCUT2D eigenvalue weighted by Gasteiger charge is 2.43. The fourth-order valence-electron chi connectivity index (χ4n) is 2.47. The summed E-state index contributed by atoms with van der Waals surface area (Å²) in [6.07, 6.45) is 1.16. The second-order valence-electron chi connectivity index (χ2n) is 5.70. The van der Waals surface area contributed by atoms with Crippen LogP contribution in [0.2, 0.25) is 0 Å². The van der Waals surface area contributed by atoms with Crippen molar-refractivity contribution >= 4 is 15.9 Å². The molecular weight excluding hydrogens is 290 g/mol. The summed E-state index contributed by atoms with van der Waals surface area (Å²) in [5.41, 5.74) is 11.0. The second-order valence-corrected chi connectivity index (χ2v) is 7.63. The third kappa shape index (κ3) is 3.09. The van der Waals surface area contributed by atoms with Gasteiger partial charge in [0.2, 0.25) is 15.9 Å². The Hall–Kier alpha value is -1.44. The first-order valence-corrected chi connectivity index (χ1v) is 8.33. The maximum atomic E-state index is 12.6. The first-order valence-electron chi connectivity index (χ1n) is 6.89. The molecule has 1 aromatic carbocycles. The summed E-state index contributed by atoms with van der Waals surface area (Å²) in [5.74, 6) is -0.460. The molecule has 1 aliphatic rings. The summed E-state index contributed by atoms with van der Waals surface area (Å²) < 4.78 is 26.5. The van der Waals surface area contributed by atoms with Gasteiger partial charge in [0, 0.05) is 13.1 Å². The quantitative estimate of drug-likeness (QED) is 0.802. The van der Waals surface area contributed by atoms with Crippen LogP contribution in [0.4, 0.5) is 0 Å². The third-order valence-corrected chi connectivity index (χ3v) is 5.89. The normalized spacial score (nSPS) is 23.3. The monoisotopic (exact) mass is 311 g/mol. The smallest absolute Gasteiger partial charge is 0.243 e. The molecule has 116 valence electrons. The molecule has 4 N–H and O–H groups in total. The van der Waals surface area contributed by atoms with Crippen LogP contribution in [0.1, 0.15) is 18.9 Å².